The minimum Gasteiger partial charge on any atom is -0.342 e. The fourth-order valence-corrected chi connectivity index (χ4v) is 3.51. The second-order valence-electron chi connectivity index (χ2n) is 5.20. The first-order valence-electron chi connectivity index (χ1n) is 6.80. The van der Waals surface area contributed by atoms with E-state index in [1.54, 1.807) is 19.1 Å². The second kappa shape index (κ2) is 7.52. The van der Waals surface area contributed by atoms with E-state index in [2.05, 4.69) is 0 Å². The Hall–Kier alpha value is -0.710. The molecule has 6 heteroatoms. The largest absolute Gasteiger partial charge is 0.342 e. The van der Waals surface area contributed by atoms with Gasteiger partial charge in [-0.2, -0.15) is 0 Å². The molecule has 1 aromatic carbocycles. The molecule has 0 aliphatic carbocycles. The number of nitrogens with zero attached hydrogens (tertiary/aromatic N) is 1. The van der Waals surface area contributed by atoms with Crippen LogP contribution in [0.3, 0.4) is 0 Å². The lowest BCUT2D eigenvalue weighted by molar-refractivity contribution is -0.127. The SMILES string of the molecule is CC(=O)SCC1CC(=O)N(CCc2cc(Cl)ccc2Cl)C1. The van der Waals surface area contributed by atoms with E-state index in [9.17, 15) is 9.59 Å². The summed E-state index contributed by atoms with van der Waals surface area (Å²) in [6, 6.07) is 5.37. The van der Waals surface area contributed by atoms with Crippen molar-refractivity contribution < 1.29 is 9.59 Å². The molecule has 1 fully saturated rings. The summed E-state index contributed by atoms with van der Waals surface area (Å²) in [6.07, 6.45) is 1.22. The third-order valence-corrected chi connectivity index (χ3v) is 5.12. The summed E-state index contributed by atoms with van der Waals surface area (Å²) in [4.78, 5) is 24.8. The van der Waals surface area contributed by atoms with Crippen LogP contribution >= 0.6 is 35.0 Å². The first-order valence-corrected chi connectivity index (χ1v) is 8.55. The number of likely N-dealkylation sites (tertiary alicyclic amines) is 1. The van der Waals surface area contributed by atoms with E-state index < -0.39 is 0 Å². The van der Waals surface area contributed by atoms with Crippen molar-refractivity contribution in [1.29, 1.82) is 0 Å². The summed E-state index contributed by atoms with van der Waals surface area (Å²) in [5, 5.41) is 1.43. The summed E-state index contributed by atoms with van der Waals surface area (Å²) in [7, 11) is 0. The average molecular weight is 346 g/mol. The molecule has 0 saturated carbocycles. The Labute approximate surface area is 139 Å². The lowest BCUT2D eigenvalue weighted by Crippen LogP contribution is -2.27. The molecule has 0 radical (unpaired) electrons. The van der Waals surface area contributed by atoms with Gasteiger partial charge in [-0.1, -0.05) is 35.0 Å². The van der Waals surface area contributed by atoms with E-state index in [4.69, 9.17) is 23.2 Å². The Kier molecular flexibility index (Phi) is 5.97. The summed E-state index contributed by atoms with van der Waals surface area (Å²) in [6.45, 7) is 2.91. The van der Waals surface area contributed by atoms with E-state index >= 15 is 0 Å². The maximum absolute atomic E-state index is 12.0. The third-order valence-electron chi connectivity index (χ3n) is 3.48. The Morgan fingerprint density at radius 3 is 2.90 bits per heavy atom. The number of hydrogen-bond donors (Lipinski definition) is 0. The molecule has 1 heterocycles. The van der Waals surface area contributed by atoms with Gasteiger partial charge in [0.15, 0.2) is 5.12 Å². The molecule has 1 aliphatic heterocycles. The minimum absolute atomic E-state index is 0.103. The number of halogens is 2. The molecule has 1 aromatic rings. The molecule has 0 aromatic heterocycles. The fourth-order valence-electron chi connectivity index (χ4n) is 2.41. The predicted molar refractivity (Wildman–Crippen MR) is 88.0 cm³/mol. The first kappa shape index (κ1) is 16.7. The number of carbonyl (C=O) groups is 2. The van der Waals surface area contributed by atoms with Crippen molar-refractivity contribution in [3.63, 3.8) is 0 Å². The molecule has 1 aliphatic rings. The van der Waals surface area contributed by atoms with Crippen LogP contribution in [0.25, 0.3) is 0 Å². The zero-order chi connectivity index (χ0) is 15.4. The molecule has 1 amide bonds. The standard InChI is InChI=1S/C15H17Cl2NO2S/c1-10(19)21-9-11-6-15(20)18(8-11)5-4-12-7-13(16)2-3-14(12)17/h2-3,7,11H,4-6,8-9H2,1H3. The molecule has 1 saturated heterocycles. The number of amides is 1. The highest BCUT2D eigenvalue weighted by atomic mass is 35.5. The summed E-state index contributed by atoms with van der Waals surface area (Å²) >= 11 is 13.4. The Balaban J connectivity index is 1.87. The summed E-state index contributed by atoms with van der Waals surface area (Å²) < 4.78 is 0. The van der Waals surface area contributed by atoms with Crippen LogP contribution in [-0.2, 0) is 16.0 Å². The number of benzene rings is 1. The number of thioether (sulfide) groups is 1. The highest BCUT2D eigenvalue weighted by Gasteiger charge is 2.29. The third kappa shape index (κ3) is 4.90. The monoisotopic (exact) mass is 345 g/mol. The molecule has 1 unspecified atom stereocenters. The van der Waals surface area contributed by atoms with Crippen LogP contribution in [0.15, 0.2) is 18.2 Å². The first-order chi connectivity index (χ1) is 9.95. The topological polar surface area (TPSA) is 37.4 Å². The van der Waals surface area contributed by atoms with Crippen molar-refractivity contribution in [2.75, 3.05) is 18.8 Å². The zero-order valence-electron chi connectivity index (χ0n) is 11.8. The van der Waals surface area contributed by atoms with Gasteiger partial charge in [0.1, 0.15) is 0 Å². The van der Waals surface area contributed by atoms with Gasteiger partial charge in [-0.05, 0) is 36.1 Å². The Bertz CT molecular complexity index is 550. The van der Waals surface area contributed by atoms with E-state index in [1.807, 2.05) is 11.0 Å². The van der Waals surface area contributed by atoms with Crippen LogP contribution in [0, 0.1) is 5.92 Å². The lowest BCUT2D eigenvalue weighted by Gasteiger charge is -2.17. The van der Waals surface area contributed by atoms with Gasteiger partial charge in [0.05, 0.1) is 0 Å². The van der Waals surface area contributed by atoms with Crippen LogP contribution in [0.5, 0.6) is 0 Å². The van der Waals surface area contributed by atoms with Crippen LogP contribution in [-0.4, -0.2) is 34.8 Å². The van der Waals surface area contributed by atoms with Crippen LogP contribution in [0.4, 0.5) is 0 Å². The van der Waals surface area contributed by atoms with Crippen LogP contribution in [0.1, 0.15) is 18.9 Å². The summed E-state index contributed by atoms with van der Waals surface area (Å²) in [5.41, 5.74) is 0.957. The van der Waals surface area contributed by atoms with Gasteiger partial charge in [0, 0.05) is 42.2 Å². The van der Waals surface area contributed by atoms with Gasteiger partial charge >= 0.3 is 0 Å². The normalized spacial score (nSPS) is 18.3. The molecule has 21 heavy (non-hydrogen) atoms. The van der Waals surface area contributed by atoms with Gasteiger partial charge in [-0.15, -0.1) is 0 Å². The van der Waals surface area contributed by atoms with Crippen molar-refractivity contribution in [3.8, 4) is 0 Å². The smallest absolute Gasteiger partial charge is 0.222 e. The van der Waals surface area contributed by atoms with Gasteiger partial charge in [0.25, 0.3) is 0 Å². The maximum Gasteiger partial charge on any atom is 0.222 e. The van der Waals surface area contributed by atoms with Crippen molar-refractivity contribution in [2.45, 2.75) is 19.8 Å². The highest BCUT2D eigenvalue weighted by Crippen LogP contribution is 2.25. The predicted octanol–water partition coefficient (Wildman–Crippen LogP) is 3.66. The van der Waals surface area contributed by atoms with Crippen LogP contribution in [0.2, 0.25) is 10.0 Å². The maximum atomic E-state index is 12.0. The van der Waals surface area contributed by atoms with E-state index in [-0.39, 0.29) is 16.9 Å². The number of carbonyl (C=O) groups excluding carboxylic acids is 2. The van der Waals surface area contributed by atoms with Crippen LogP contribution < -0.4 is 0 Å². The van der Waals surface area contributed by atoms with E-state index in [1.165, 1.54) is 11.8 Å². The molecule has 0 spiro atoms. The van der Waals surface area contributed by atoms with Crippen molar-refractivity contribution in [2.24, 2.45) is 5.92 Å². The van der Waals surface area contributed by atoms with E-state index in [0.29, 0.717) is 29.4 Å². The Morgan fingerprint density at radius 2 is 2.19 bits per heavy atom. The molecule has 2 rings (SSSR count). The molecular formula is C15H17Cl2NO2S. The fraction of sp³-hybridized carbons (Fsp3) is 0.467. The van der Waals surface area contributed by atoms with Crippen molar-refractivity contribution in [3.05, 3.63) is 33.8 Å². The number of hydrogen-bond acceptors (Lipinski definition) is 3. The number of rotatable bonds is 5. The second-order valence-corrected chi connectivity index (χ2v) is 7.24. The van der Waals surface area contributed by atoms with Crippen molar-refractivity contribution >= 4 is 46.0 Å². The van der Waals surface area contributed by atoms with Gasteiger partial charge in [0.2, 0.25) is 5.91 Å². The molecule has 114 valence electrons. The molecule has 0 bridgehead atoms. The van der Waals surface area contributed by atoms with E-state index in [0.717, 1.165) is 17.9 Å². The average Bonchev–Trinajstić information content (AvgIpc) is 2.78. The minimum atomic E-state index is 0.103. The molecule has 0 N–H and O–H groups in total. The Morgan fingerprint density at radius 1 is 1.43 bits per heavy atom. The zero-order valence-corrected chi connectivity index (χ0v) is 14.1. The van der Waals surface area contributed by atoms with Gasteiger partial charge in [-0.25, -0.2) is 0 Å². The molecular weight excluding hydrogens is 329 g/mol. The van der Waals surface area contributed by atoms with Gasteiger partial charge in [-0.3, -0.25) is 9.59 Å². The van der Waals surface area contributed by atoms with Gasteiger partial charge < -0.3 is 4.90 Å². The highest BCUT2D eigenvalue weighted by molar-refractivity contribution is 8.13. The van der Waals surface area contributed by atoms with Crippen molar-refractivity contribution in [1.82, 2.24) is 4.90 Å². The summed E-state index contributed by atoms with van der Waals surface area (Å²) in [5.74, 6) is 1.14. The molecule has 1 atom stereocenters. The molecule has 3 nitrogen and oxygen atoms in total. The lowest BCUT2D eigenvalue weighted by atomic mass is 10.1. The quantitative estimate of drug-likeness (QED) is 0.817.